The third kappa shape index (κ3) is 3.49. The minimum Gasteiger partial charge on any atom is -0.381 e. The third-order valence-corrected chi connectivity index (χ3v) is 6.47. The van der Waals surface area contributed by atoms with Gasteiger partial charge in [-0.15, -0.1) is 0 Å². The van der Waals surface area contributed by atoms with Gasteiger partial charge in [-0.25, -0.2) is 8.42 Å². The molecule has 1 aromatic rings. The zero-order chi connectivity index (χ0) is 17.2. The Balaban J connectivity index is 1.65. The second kappa shape index (κ2) is 6.84. The molecule has 0 spiro atoms. The van der Waals surface area contributed by atoms with Crippen molar-refractivity contribution in [2.45, 2.75) is 42.4 Å². The molecule has 1 saturated heterocycles. The fraction of sp³-hybridized carbons (Fsp3) is 0.611. The highest BCUT2D eigenvalue weighted by atomic mass is 32.2. The van der Waals surface area contributed by atoms with Gasteiger partial charge in [0.2, 0.25) is 5.91 Å². The van der Waals surface area contributed by atoms with E-state index in [0.29, 0.717) is 17.4 Å². The highest BCUT2D eigenvalue weighted by Crippen LogP contribution is 2.44. The maximum Gasteiger partial charge on any atom is 0.230 e. The van der Waals surface area contributed by atoms with Gasteiger partial charge in [-0.2, -0.15) is 0 Å². The second-order valence-electron chi connectivity index (χ2n) is 7.01. The van der Waals surface area contributed by atoms with Crippen molar-refractivity contribution in [1.29, 1.82) is 0 Å². The van der Waals surface area contributed by atoms with Crippen LogP contribution in [0.15, 0.2) is 29.2 Å². The number of hydrogen-bond donors (Lipinski definition) is 1. The minimum absolute atomic E-state index is 0.0692. The van der Waals surface area contributed by atoms with Crippen molar-refractivity contribution in [2.24, 2.45) is 5.92 Å². The Morgan fingerprint density at radius 3 is 2.50 bits per heavy atom. The van der Waals surface area contributed by atoms with Gasteiger partial charge in [-0.3, -0.25) is 4.79 Å². The van der Waals surface area contributed by atoms with Crippen LogP contribution in [-0.2, 0) is 24.8 Å². The Hall–Kier alpha value is -1.40. The summed E-state index contributed by atoms with van der Waals surface area (Å²) in [6.07, 6.45) is 5.90. The number of rotatable bonds is 6. The van der Waals surface area contributed by atoms with Crippen LogP contribution in [0.4, 0.5) is 0 Å². The van der Waals surface area contributed by atoms with Gasteiger partial charge in [0.1, 0.15) is 0 Å². The summed E-state index contributed by atoms with van der Waals surface area (Å²) in [4.78, 5) is 13.0. The van der Waals surface area contributed by atoms with Crippen LogP contribution in [0.1, 0.15) is 37.7 Å². The standard InChI is InChI=1S/C18H25NO4S/c1-24(21,22)16-5-3-15(4-6-16)18(9-2-10-18)17(20)19-11-7-14-8-12-23-13-14/h3-6,14H,2,7-13H2,1H3,(H,19,20)/t14-/m0/s1. The number of hydrogen-bond acceptors (Lipinski definition) is 4. The van der Waals surface area contributed by atoms with Gasteiger partial charge < -0.3 is 10.1 Å². The molecule has 2 aliphatic rings. The van der Waals surface area contributed by atoms with E-state index in [2.05, 4.69) is 5.32 Å². The first-order valence-corrected chi connectivity index (χ1v) is 10.5. The average molecular weight is 351 g/mol. The van der Waals surface area contributed by atoms with Crippen LogP contribution < -0.4 is 5.32 Å². The summed E-state index contributed by atoms with van der Waals surface area (Å²) in [5.74, 6) is 0.622. The van der Waals surface area contributed by atoms with Crippen molar-refractivity contribution in [1.82, 2.24) is 5.32 Å². The number of nitrogens with one attached hydrogen (secondary N) is 1. The molecular formula is C18H25NO4S. The minimum atomic E-state index is -3.21. The van der Waals surface area contributed by atoms with E-state index in [0.717, 1.165) is 50.9 Å². The maximum atomic E-state index is 12.7. The predicted octanol–water partition coefficient (Wildman–Crippen LogP) is 2.05. The molecule has 24 heavy (non-hydrogen) atoms. The average Bonchev–Trinajstić information content (AvgIpc) is 2.99. The van der Waals surface area contributed by atoms with Crippen LogP contribution >= 0.6 is 0 Å². The number of carbonyl (C=O) groups excluding carboxylic acids is 1. The lowest BCUT2D eigenvalue weighted by Gasteiger charge is -2.41. The molecule has 5 nitrogen and oxygen atoms in total. The SMILES string of the molecule is CS(=O)(=O)c1ccc(C2(C(=O)NCC[C@H]3CCOC3)CCC2)cc1. The Morgan fingerprint density at radius 1 is 1.29 bits per heavy atom. The molecule has 0 bridgehead atoms. The predicted molar refractivity (Wildman–Crippen MR) is 91.6 cm³/mol. The summed E-state index contributed by atoms with van der Waals surface area (Å²) in [7, 11) is -3.21. The quantitative estimate of drug-likeness (QED) is 0.851. The van der Waals surface area contributed by atoms with E-state index in [9.17, 15) is 13.2 Å². The summed E-state index contributed by atoms with van der Waals surface area (Å²) < 4.78 is 28.5. The van der Waals surface area contributed by atoms with Crippen LogP contribution in [0, 0.1) is 5.92 Å². The van der Waals surface area contributed by atoms with Crippen molar-refractivity contribution in [2.75, 3.05) is 26.0 Å². The van der Waals surface area contributed by atoms with Crippen molar-refractivity contribution in [3.8, 4) is 0 Å². The number of ether oxygens (including phenoxy) is 1. The van der Waals surface area contributed by atoms with Gasteiger partial charge in [0.15, 0.2) is 9.84 Å². The van der Waals surface area contributed by atoms with Crippen LogP contribution in [0.25, 0.3) is 0 Å². The summed E-state index contributed by atoms with van der Waals surface area (Å²) >= 11 is 0. The largest absolute Gasteiger partial charge is 0.381 e. The van der Waals surface area contributed by atoms with E-state index in [1.165, 1.54) is 6.26 Å². The van der Waals surface area contributed by atoms with Gasteiger partial charge in [0, 0.05) is 26.0 Å². The molecule has 0 unspecified atom stereocenters. The molecule has 1 aromatic carbocycles. The molecule has 1 N–H and O–H groups in total. The van der Waals surface area contributed by atoms with Crippen LogP contribution in [0.2, 0.25) is 0 Å². The van der Waals surface area contributed by atoms with E-state index in [4.69, 9.17) is 4.74 Å². The summed E-state index contributed by atoms with van der Waals surface area (Å²) in [6.45, 7) is 2.30. The first kappa shape index (κ1) is 17.4. The van der Waals surface area contributed by atoms with Crippen molar-refractivity contribution in [3.63, 3.8) is 0 Å². The lowest BCUT2D eigenvalue weighted by Crippen LogP contribution is -2.49. The van der Waals surface area contributed by atoms with Crippen LogP contribution in [0.5, 0.6) is 0 Å². The number of sulfone groups is 1. The van der Waals surface area contributed by atoms with E-state index in [1.54, 1.807) is 24.3 Å². The molecule has 1 atom stereocenters. The zero-order valence-electron chi connectivity index (χ0n) is 14.1. The summed E-state index contributed by atoms with van der Waals surface area (Å²) in [6, 6.07) is 6.79. The van der Waals surface area contributed by atoms with E-state index in [1.807, 2.05) is 0 Å². The highest BCUT2D eigenvalue weighted by Gasteiger charge is 2.45. The molecule has 1 heterocycles. The van der Waals surface area contributed by atoms with Gasteiger partial charge >= 0.3 is 0 Å². The number of carbonyl (C=O) groups is 1. The van der Waals surface area contributed by atoms with E-state index in [-0.39, 0.29) is 5.91 Å². The van der Waals surface area contributed by atoms with Gasteiger partial charge in [0.05, 0.1) is 10.3 Å². The van der Waals surface area contributed by atoms with Crippen molar-refractivity contribution in [3.05, 3.63) is 29.8 Å². The second-order valence-corrected chi connectivity index (χ2v) is 9.02. The van der Waals surface area contributed by atoms with Crippen molar-refractivity contribution < 1.29 is 17.9 Å². The fourth-order valence-electron chi connectivity index (χ4n) is 3.57. The number of amides is 1. The first-order chi connectivity index (χ1) is 11.4. The lowest BCUT2D eigenvalue weighted by molar-refractivity contribution is -0.130. The Kier molecular flexibility index (Phi) is 4.97. The smallest absolute Gasteiger partial charge is 0.230 e. The first-order valence-electron chi connectivity index (χ1n) is 8.58. The maximum absolute atomic E-state index is 12.7. The normalized spacial score (nSPS) is 22.8. The van der Waals surface area contributed by atoms with Crippen molar-refractivity contribution >= 4 is 15.7 Å². The van der Waals surface area contributed by atoms with Gasteiger partial charge in [0.25, 0.3) is 0 Å². The van der Waals surface area contributed by atoms with Gasteiger partial charge in [-0.05, 0) is 49.3 Å². The molecule has 0 aromatic heterocycles. The third-order valence-electron chi connectivity index (χ3n) is 5.34. The molecule has 3 rings (SSSR count). The summed E-state index contributed by atoms with van der Waals surface area (Å²) in [5.41, 5.74) is 0.435. The highest BCUT2D eigenvalue weighted by molar-refractivity contribution is 7.90. The zero-order valence-corrected chi connectivity index (χ0v) is 14.9. The van der Waals surface area contributed by atoms with E-state index >= 15 is 0 Å². The Morgan fingerprint density at radius 2 is 2.00 bits per heavy atom. The monoisotopic (exact) mass is 351 g/mol. The van der Waals surface area contributed by atoms with E-state index < -0.39 is 15.3 Å². The molecule has 132 valence electrons. The molecule has 1 saturated carbocycles. The molecule has 0 radical (unpaired) electrons. The number of benzene rings is 1. The molecule has 1 aliphatic carbocycles. The summed E-state index contributed by atoms with van der Waals surface area (Å²) in [5, 5.41) is 3.08. The lowest BCUT2D eigenvalue weighted by atomic mass is 9.64. The van der Waals surface area contributed by atoms with Gasteiger partial charge in [-0.1, -0.05) is 18.6 Å². The van der Waals surface area contributed by atoms with Crippen LogP contribution in [0.3, 0.4) is 0 Å². The molecular weight excluding hydrogens is 326 g/mol. The topological polar surface area (TPSA) is 72.5 Å². The fourth-order valence-corrected chi connectivity index (χ4v) is 4.20. The van der Waals surface area contributed by atoms with Crippen LogP contribution in [-0.4, -0.2) is 40.3 Å². The molecule has 2 fully saturated rings. The molecule has 1 aliphatic heterocycles. The molecule has 6 heteroatoms. The molecule has 1 amide bonds. The Bertz CT molecular complexity index is 686. The Labute approximate surface area is 143 Å².